The van der Waals surface area contributed by atoms with Crippen LogP contribution < -0.4 is 10.5 Å². The van der Waals surface area contributed by atoms with E-state index in [0.29, 0.717) is 22.7 Å². The van der Waals surface area contributed by atoms with Crippen LogP contribution in [-0.2, 0) is 0 Å². The van der Waals surface area contributed by atoms with E-state index in [1.54, 1.807) is 18.2 Å². The van der Waals surface area contributed by atoms with Gasteiger partial charge in [0, 0.05) is 17.3 Å². The van der Waals surface area contributed by atoms with Crippen molar-refractivity contribution < 1.29 is 13.9 Å². The number of halogens is 1. The Hall–Kier alpha value is -2.36. The third-order valence-corrected chi connectivity index (χ3v) is 2.45. The quantitative estimate of drug-likeness (QED) is 0.666. The first kappa shape index (κ1) is 12.1. The largest absolute Gasteiger partial charge is 0.457 e. The molecule has 0 aliphatic carbocycles. The zero-order valence-electron chi connectivity index (χ0n) is 9.81. The lowest BCUT2D eigenvalue weighted by Crippen LogP contribution is -1.99. The topological polar surface area (TPSA) is 52.3 Å². The van der Waals surface area contributed by atoms with Crippen molar-refractivity contribution in [2.75, 3.05) is 5.73 Å². The van der Waals surface area contributed by atoms with E-state index in [-0.39, 0.29) is 11.6 Å². The number of rotatable bonds is 3. The smallest absolute Gasteiger partial charge is 0.161 e. The van der Waals surface area contributed by atoms with E-state index in [0.717, 1.165) is 0 Å². The molecule has 2 rings (SSSR count). The molecule has 3 nitrogen and oxygen atoms in total. The maximum atomic E-state index is 12.7. The Bertz CT molecular complexity index is 579. The highest BCUT2D eigenvalue weighted by Gasteiger charge is 2.06. The Kier molecular flexibility index (Phi) is 3.28. The van der Waals surface area contributed by atoms with Crippen LogP contribution in [0.1, 0.15) is 17.3 Å². The van der Waals surface area contributed by atoms with Gasteiger partial charge in [-0.15, -0.1) is 0 Å². The SMILES string of the molecule is CC(=O)c1ccc(Oc2ccc(F)cc2)cc1N. The lowest BCUT2D eigenvalue weighted by Gasteiger charge is -2.08. The van der Waals surface area contributed by atoms with Crippen molar-refractivity contribution in [3.05, 3.63) is 53.8 Å². The maximum absolute atomic E-state index is 12.7. The zero-order chi connectivity index (χ0) is 13.1. The van der Waals surface area contributed by atoms with Crippen molar-refractivity contribution in [3.63, 3.8) is 0 Å². The standard InChI is InChI=1S/C14H12FNO2/c1-9(17)13-7-6-12(8-14(13)16)18-11-4-2-10(15)3-5-11/h2-8H,16H2,1H3. The summed E-state index contributed by atoms with van der Waals surface area (Å²) in [7, 11) is 0. The molecule has 0 fully saturated rings. The van der Waals surface area contributed by atoms with Gasteiger partial charge >= 0.3 is 0 Å². The Morgan fingerprint density at radius 1 is 1.11 bits per heavy atom. The summed E-state index contributed by atoms with van der Waals surface area (Å²) in [6.45, 7) is 1.45. The van der Waals surface area contributed by atoms with Gasteiger partial charge in [-0.3, -0.25) is 4.79 Å². The van der Waals surface area contributed by atoms with Gasteiger partial charge in [-0.25, -0.2) is 4.39 Å². The molecule has 0 radical (unpaired) electrons. The normalized spacial score (nSPS) is 10.1. The molecule has 0 spiro atoms. The van der Waals surface area contributed by atoms with Gasteiger partial charge in [-0.05, 0) is 43.3 Å². The lowest BCUT2D eigenvalue weighted by molar-refractivity contribution is 0.101. The number of carbonyl (C=O) groups excluding carboxylic acids is 1. The van der Waals surface area contributed by atoms with E-state index in [2.05, 4.69) is 0 Å². The molecule has 0 aliphatic rings. The van der Waals surface area contributed by atoms with Crippen molar-refractivity contribution in [2.45, 2.75) is 6.92 Å². The van der Waals surface area contributed by atoms with E-state index in [4.69, 9.17) is 10.5 Å². The summed E-state index contributed by atoms with van der Waals surface area (Å²) in [4.78, 5) is 11.2. The predicted molar refractivity (Wildman–Crippen MR) is 67.3 cm³/mol. The van der Waals surface area contributed by atoms with Gasteiger partial charge in [-0.1, -0.05) is 0 Å². The summed E-state index contributed by atoms with van der Waals surface area (Å²) in [5.74, 6) is 0.588. The summed E-state index contributed by atoms with van der Waals surface area (Å²) >= 11 is 0. The van der Waals surface area contributed by atoms with Gasteiger partial charge in [0.25, 0.3) is 0 Å². The van der Waals surface area contributed by atoms with E-state index in [1.807, 2.05) is 0 Å². The van der Waals surface area contributed by atoms with E-state index < -0.39 is 0 Å². The molecule has 0 saturated heterocycles. The minimum Gasteiger partial charge on any atom is -0.457 e. The first-order chi connectivity index (χ1) is 8.56. The van der Waals surface area contributed by atoms with Gasteiger partial charge in [0.15, 0.2) is 5.78 Å². The first-order valence-corrected chi connectivity index (χ1v) is 5.40. The number of ketones is 1. The maximum Gasteiger partial charge on any atom is 0.161 e. The minimum absolute atomic E-state index is 0.0965. The van der Waals surface area contributed by atoms with E-state index in [1.165, 1.54) is 31.2 Å². The van der Waals surface area contributed by atoms with Crippen LogP contribution in [0.4, 0.5) is 10.1 Å². The van der Waals surface area contributed by atoms with Crippen molar-refractivity contribution >= 4 is 11.5 Å². The molecular formula is C14H12FNO2. The number of Topliss-reactive ketones (excluding diaryl/α,β-unsaturated/α-hetero) is 1. The lowest BCUT2D eigenvalue weighted by atomic mass is 10.1. The van der Waals surface area contributed by atoms with E-state index in [9.17, 15) is 9.18 Å². The molecule has 18 heavy (non-hydrogen) atoms. The molecule has 0 aromatic heterocycles. The summed E-state index contributed by atoms with van der Waals surface area (Å²) in [6, 6.07) is 10.5. The summed E-state index contributed by atoms with van der Waals surface area (Å²) in [5, 5.41) is 0. The number of carbonyl (C=O) groups is 1. The number of hydrogen-bond donors (Lipinski definition) is 1. The van der Waals surface area contributed by atoms with Crippen molar-refractivity contribution in [2.24, 2.45) is 0 Å². The number of benzene rings is 2. The Labute approximate surface area is 104 Å². The first-order valence-electron chi connectivity index (χ1n) is 5.40. The number of nitrogen functional groups attached to an aromatic ring is 1. The Morgan fingerprint density at radius 3 is 2.28 bits per heavy atom. The highest BCUT2D eigenvalue weighted by molar-refractivity contribution is 5.99. The van der Waals surface area contributed by atoms with Crippen LogP contribution in [0, 0.1) is 5.82 Å². The monoisotopic (exact) mass is 245 g/mol. The number of anilines is 1. The van der Waals surface area contributed by atoms with Gasteiger partial charge in [0.1, 0.15) is 17.3 Å². The molecule has 4 heteroatoms. The Balaban J connectivity index is 2.22. The predicted octanol–water partition coefficient (Wildman–Crippen LogP) is 3.40. The van der Waals surface area contributed by atoms with Crippen molar-refractivity contribution in [1.82, 2.24) is 0 Å². The fourth-order valence-electron chi connectivity index (χ4n) is 1.56. The number of ether oxygens (including phenoxy) is 1. The number of hydrogen-bond acceptors (Lipinski definition) is 3. The van der Waals surface area contributed by atoms with Crippen molar-refractivity contribution in [3.8, 4) is 11.5 Å². The minimum atomic E-state index is -0.325. The van der Waals surface area contributed by atoms with Crippen LogP contribution in [0.5, 0.6) is 11.5 Å². The van der Waals surface area contributed by atoms with E-state index >= 15 is 0 Å². The average Bonchev–Trinajstić information content (AvgIpc) is 2.32. The molecule has 2 aromatic rings. The third kappa shape index (κ3) is 2.66. The summed E-state index contributed by atoms with van der Waals surface area (Å²) in [5.41, 5.74) is 6.56. The van der Waals surface area contributed by atoms with Gasteiger partial charge < -0.3 is 10.5 Å². The zero-order valence-corrected chi connectivity index (χ0v) is 9.81. The summed E-state index contributed by atoms with van der Waals surface area (Å²) in [6.07, 6.45) is 0. The molecule has 2 aromatic carbocycles. The van der Waals surface area contributed by atoms with Crippen LogP contribution in [0.2, 0.25) is 0 Å². The molecule has 0 heterocycles. The van der Waals surface area contributed by atoms with Gasteiger partial charge in [0.05, 0.1) is 0 Å². The summed E-state index contributed by atoms with van der Waals surface area (Å²) < 4.78 is 18.2. The van der Waals surface area contributed by atoms with Crippen molar-refractivity contribution in [1.29, 1.82) is 0 Å². The fourth-order valence-corrected chi connectivity index (χ4v) is 1.56. The molecule has 0 saturated carbocycles. The molecule has 0 atom stereocenters. The molecule has 2 N–H and O–H groups in total. The third-order valence-electron chi connectivity index (χ3n) is 2.45. The highest BCUT2D eigenvalue weighted by atomic mass is 19.1. The second kappa shape index (κ2) is 4.87. The van der Waals surface area contributed by atoms with Crippen LogP contribution in [-0.4, -0.2) is 5.78 Å². The molecule has 0 amide bonds. The van der Waals surface area contributed by atoms with Crippen LogP contribution in [0.15, 0.2) is 42.5 Å². The Morgan fingerprint density at radius 2 is 1.72 bits per heavy atom. The van der Waals surface area contributed by atoms with Crippen LogP contribution in [0.25, 0.3) is 0 Å². The second-order valence-corrected chi connectivity index (χ2v) is 3.86. The van der Waals surface area contributed by atoms with Gasteiger partial charge in [0.2, 0.25) is 0 Å². The molecular weight excluding hydrogens is 233 g/mol. The average molecular weight is 245 g/mol. The van der Waals surface area contributed by atoms with Crippen LogP contribution in [0.3, 0.4) is 0 Å². The molecule has 0 bridgehead atoms. The fraction of sp³-hybridized carbons (Fsp3) is 0.0714. The number of nitrogens with two attached hydrogens (primary N) is 1. The highest BCUT2D eigenvalue weighted by Crippen LogP contribution is 2.25. The second-order valence-electron chi connectivity index (χ2n) is 3.86. The van der Waals surface area contributed by atoms with Gasteiger partial charge in [-0.2, -0.15) is 0 Å². The molecule has 92 valence electrons. The molecule has 0 aliphatic heterocycles. The molecule has 0 unspecified atom stereocenters. The van der Waals surface area contributed by atoms with Crippen LogP contribution >= 0.6 is 0 Å².